The van der Waals surface area contributed by atoms with Gasteiger partial charge in [-0.2, -0.15) is 4.98 Å². The van der Waals surface area contributed by atoms with Crippen LogP contribution in [0.25, 0.3) is 38.7 Å². The van der Waals surface area contributed by atoms with Crippen LogP contribution in [0.3, 0.4) is 0 Å². The lowest BCUT2D eigenvalue weighted by atomic mass is 10.1. The Bertz CT molecular complexity index is 1180. The average molecular weight is 299 g/mol. The van der Waals surface area contributed by atoms with Crippen molar-refractivity contribution in [2.45, 2.75) is 0 Å². The Morgan fingerprint density at radius 2 is 1.61 bits per heavy atom. The molecular formula is C19H13N3O. The summed E-state index contributed by atoms with van der Waals surface area (Å²) in [6.07, 6.45) is 0. The summed E-state index contributed by atoms with van der Waals surface area (Å²) < 4.78 is 2.06. The molecule has 0 radical (unpaired) electrons. The minimum absolute atomic E-state index is 0.0181. The SMILES string of the molecule is Oc1cccc(-n2c3ccccc3c3c4ccccc4[nH]c32)n1. The first kappa shape index (κ1) is 12.3. The number of benzene rings is 2. The molecule has 3 heterocycles. The molecule has 2 aromatic carbocycles. The third-order valence-corrected chi connectivity index (χ3v) is 4.27. The molecule has 0 unspecified atom stereocenters. The zero-order valence-corrected chi connectivity index (χ0v) is 12.2. The van der Waals surface area contributed by atoms with Gasteiger partial charge < -0.3 is 10.1 Å². The van der Waals surface area contributed by atoms with Crippen molar-refractivity contribution >= 4 is 32.8 Å². The average Bonchev–Trinajstić information content (AvgIpc) is 3.09. The van der Waals surface area contributed by atoms with Crippen molar-refractivity contribution in [3.63, 3.8) is 0 Å². The number of aromatic hydroxyl groups is 1. The van der Waals surface area contributed by atoms with Crippen LogP contribution in [0.15, 0.2) is 66.7 Å². The summed E-state index contributed by atoms with van der Waals surface area (Å²) >= 11 is 0. The number of nitrogens with zero attached hydrogens (tertiary/aromatic N) is 2. The Morgan fingerprint density at radius 3 is 2.48 bits per heavy atom. The van der Waals surface area contributed by atoms with Crippen LogP contribution in [0.2, 0.25) is 0 Å². The summed E-state index contributed by atoms with van der Waals surface area (Å²) in [7, 11) is 0. The highest BCUT2D eigenvalue weighted by Crippen LogP contribution is 2.36. The number of pyridine rings is 1. The fourth-order valence-corrected chi connectivity index (χ4v) is 3.34. The third kappa shape index (κ3) is 1.63. The number of aromatic amines is 1. The molecule has 0 bridgehead atoms. The van der Waals surface area contributed by atoms with E-state index in [1.165, 1.54) is 16.2 Å². The first-order valence-corrected chi connectivity index (χ1v) is 7.49. The van der Waals surface area contributed by atoms with Gasteiger partial charge in [0, 0.05) is 27.7 Å². The third-order valence-electron chi connectivity index (χ3n) is 4.27. The standard InChI is InChI=1S/C19H13N3O/c23-17-11-5-10-16(21-17)22-15-9-4-2-7-13(15)18-12-6-1-3-8-14(12)20-19(18)22/h1-11,20H,(H,21,23). The molecule has 110 valence electrons. The molecule has 0 atom stereocenters. The van der Waals surface area contributed by atoms with Crippen LogP contribution in [0, 0.1) is 0 Å². The number of fused-ring (bicyclic) bond motifs is 5. The summed E-state index contributed by atoms with van der Waals surface area (Å²) in [4.78, 5) is 7.78. The number of hydrogen-bond acceptors (Lipinski definition) is 2. The summed E-state index contributed by atoms with van der Waals surface area (Å²) in [5.41, 5.74) is 3.15. The maximum atomic E-state index is 9.76. The van der Waals surface area contributed by atoms with Crippen molar-refractivity contribution < 1.29 is 5.11 Å². The molecule has 2 N–H and O–H groups in total. The second-order valence-electron chi connectivity index (χ2n) is 5.60. The van der Waals surface area contributed by atoms with Gasteiger partial charge in [-0.3, -0.25) is 4.57 Å². The highest BCUT2D eigenvalue weighted by atomic mass is 16.3. The van der Waals surface area contributed by atoms with Gasteiger partial charge in [-0.05, 0) is 18.2 Å². The Balaban J connectivity index is 2.04. The number of para-hydroxylation sites is 2. The topological polar surface area (TPSA) is 53.8 Å². The van der Waals surface area contributed by atoms with Crippen molar-refractivity contribution in [2.75, 3.05) is 0 Å². The van der Waals surface area contributed by atoms with Crippen LogP contribution in [-0.2, 0) is 0 Å². The maximum absolute atomic E-state index is 9.76. The molecule has 0 fully saturated rings. The maximum Gasteiger partial charge on any atom is 0.212 e. The number of H-pyrrole nitrogens is 1. The van der Waals surface area contributed by atoms with E-state index in [2.05, 4.69) is 38.8 Å². The van der Waals surface area contributed by atoms with Crippen LogP contribution in [0.5, 0.6) is 5.88 Å². The molecule has 0 amide bonds. The van der Waals surface area contributed by atoms with E-state index in [0.29, 0.717) is 5.82 Å². The van der Waals surface area contributed by atoms with E-state index in [-0.39, 0.29) is 5.88 Å². The van der Waals surface area contributed by atoms with E-state index in [1.807, 2.05) is 30.3 Å². The number of hydrogen-bond donors (Lipinski definition) is 2. The molecule has 0 aliphatic heterocycles. The monoisotopic (exact) mass is 299 g/mol. The Labute approximate surface area is 131 Å². The quantitative estimate of drug-likeness (QED) is 0.483. The fourth-order valence-electron chi connectivity index (χ4n) is 3.34. The smallest absolute Gasteiger partial charge is 0.212 e. The number of aromatic nitrogens is 3. The van der Waals surface area contributed by atoms with Gasteiger partial charge in [0.25, 0.3) is 0 Å². The summed E-state index contributed by atoms with van der Waals surface area (Å²) in [6, 6.07) is 21.8. The van der Waals surface area contributed by atoms with Gasteiger partial charge in [0.1, 0.15) is 11.5 Å². The molecule has 0 saturated carbocycles. The summed E-state index contributed by atoms with van der Waals surface area (Å²) in [6.45, 7) is 0. The summed E-state index contributed by atoms with van der Waals surface area (Å²) in [5.74, 6) is 0.715. The van der Waals surface area contributed by atoms with Crippen molar-refractivity contribution in [3.05, 3.63) is 66.7 Å². The van der Waals surface area contributed by atoms with E-state index >= 15 is 0 Å². The van der Waals surface area contributed by atoms with Gasteiger partial charge in [0.15, 0.2) is 0 Å². The van der Waals surface area contributed by atoms with Crippen molar-refractivity contribution in [1.82, 2.24) is 14.5 Å². The fraction of sp³-hybridized carbons (Fsp3) is 0. The van der Waals surface area contributed by atoms with Gasteiger partial charge in [-0.15, -0.1) is 0 Å². The largest absolute Gasteiger partial charge is 0.493 e. The van der Waals surface area contributed by atoms with Gasteiger partial charge in [-0.25, -0.2) is 0 Å². The molecule has 4 nitrogen and oxygen atoms in total. The highest BCUT2D eigenvalue weighted by Gasteiger charge is 2.17. The first-order valence-electron chi connectivity index (χ1n) is 7.49. The predicted molar refractivity (Wildman–Crippen MR) is 92.1 cm³/mol. The first-order chi connectivity index (χ1) is 11.3. The Kier molecular flexibility index (Phi) is 2.33. The van der Waals surface area contributed by atoms with Crippen molar-refractivity contribution in [1.29, 1.82) is 0 Å². The molecule has 3 aromatic heterocycles. The van der Waals surface area contributed by atoms with Crippen LogP contribution >= 0.6 is 0 Å². The van der Waals surface area contributed by atoms with Gasteiger partial charge in [-0.1, -0.05) is 42.5 Å². The van der Waals surface area contributed by atoms with E-state index in [9.17, 15) is 5.11 Å². The van der Waals surface area contributed by atoms with Crippen molar-refractivity contribution in [2.24, 2.45) is 0 Å². The molecule has 5 rings (SSSR count). The van der Waals surface area contributed by atoms with Crippen LogP contribution in [0.4, 0.5) is 0 Å². The van der Waals surface area contributed by atoms with Gasteiger partial charge in [0.05, 0.1) is 5.52 Å². The van der Waals surface area contributed by atoms with Gasteiger partial charge >= 0.3 is 0 Å². The Hall–Kier alpha value is -3.27. The molecular weight excluding hydrogens is 286 g/mol. The number of rotatable bonds is 1. The zero-order chi connectivity index (χ0) is 15.4. The van der Waals surface area contributed by atoms with Gasteiger partial charge in [0.2, 0.25) is 5.88 Å². The molecule has 5 aromatic rings. The normalized spacial score (nSPS) is 11.7. The minimum atomic E-state index is 0.0181. The molecule has 4 heteroatoms. The lowest BCUT2D eigenvalue weighted by molar-refractivity contribution is 0.453. The zero-order valence-electron chi connectivity index (χ0n) is 12.2. The second kappa shape index (κ2) is 4.36. The lowest BCUT2D eigenvalue weighted by Gasteiger charge is -2.05. The highest BCUT2D eigenvalue weighted by molar-refractivity contribution is 6.21. The van der Waals surface area contributed by atoms with E-state index in [4.69, 9.17) is 0 Å². The molecule has 0 spiro atoms. The molecule has 0 aliphatic rings. The van der Waals surface area contributed by atoms with E-state index in [1.54, 1.807) is 12.1 Å². The Morgan fingerprint density at radius 1 is 0.826 bits per heavy atom. The second-order valence-corrected chi connectivity index (χ2v) is 5.60. The number of nitrogens with one attached hydrogen (secondary N) is 1. The van der Waals surface area contributed by atoms with Crippen LogP contribution in [-0.4, -0.2) is 19.6 Å². The molecule has 0 aliphatic carbocycles. The predicted octanol–water partition coefficient (Wildman–Crippen LogP) is 4.37. The molecule has 23 heavy (non-hydrogen) atoms. The molecule has 0 saturated heterocycles. The lowest BCUT2D eigenvalue weighted by Crippen LogP contribution is -1.97. The van der Waals surface area contributed by atoms with Crippen LogP contribution in [0.1, 0.15) is 0 Å². The van der Waals surface area contributed by atoms with E-state index in [0.717, 1.165) is 16.7 Å². The van der Waals surface area contributed by atoms with E-state index < -0.39 is 0 Å². The van der Waals surface area contributed by atoms with Crippen LogP contribution < -0.4 is 0 Å². The minimum Gasteiger partial charge on any atom is -0.493 e. The van der Waals surface area contributed by atoms with Crippen molar-refractivity contribution in [3.8, 4) is 11.7 Å². The summed E-state index contributed by atoms with van der Waals surface area (Å²) in [5, 5.41) is 13.3.